The number of aliphatic hydroxyl groups excluding tert-OH is 1. The lowest BCUT2D eigenvalue weighted by Crippen LogP contribution is -2.60. The van der Waals surface area contributed by atoms with Crippen LogP contribution in [0, 0.1) is 23.7 Å². The number of amides is 2. The quantitative estimate of drug-likeness (QED) is 0.340. The molecule has 1 saturated heterocycles. The Morgan fingerprint density at radius 1 is 0.872 bits per heavy atom. The molecule has 1 aliphatic heterocycles. The molecule has 4 fully saturated rings. The van der Waals surface area contributed by atoms with Crippen molar-refractivity contribution in [3.05, 3.63) is 0 Å². The summed E-state index contributed by atoms with van der Waals surface area (Å²) in [5, 5.41) is 17.9. The number of aliphatic hydroxyl groups is 1. The van der Waals surface area contributed by atoms with Gasteiger partial charge in [0.1, 0.15) is 0 Å². The second-order valence-corrected chi connectivity index (χ2v) is 14.4. The highest BCUT2D eigenvalue weighted by Crippen LogP contribution is 2.39. The molecule has 1 heterocycles. The van der Waals surface area contributed by atoms with E-state index in [1.54, 1.807) is 0 Å². The van der Waals surface area contributed by atoms with Gasteiger partial charge in [-0.1, -0.05) is 70.6 Å². The number of nitrogens with zero attached hydrogens (tertiary/aromatic N) is 1. The number of β-amino-alcohol motifs (C(OH)–C–C–N with tert-alkyl or cyclic N) is 1. The maximum absolute atomic E-state index is 13.5. The van der Waals surface area contributed by atoms with Crippen LogP contribution in [0.4, 0.5) is 4.79 Å². The Hall–Kier alpha value is -1.34. The van der Waals surface area contributed by atoms with Crippen molar-refractivity contribution in [3.8, 4) is 0 Å². The standard InChI is InChI=1S/C32H57N3O4/c1-32(2,3)34-30(37)28-19-25-16-10-11-17-26(25)20-35(28)21-29(36)27(18-23-12-6-4-7-13-23)33-31(38)39-22-24-14-8-5-9-15-24/h23-29,36H,4-22H2,1-3H3,(H,33,38)(H,34,37)/t25-,26+,27-,28-,29+/m0/s1. The van der Waals surface area contributed by atoms with Gasteiger partial charge in [-0.05, 0) is 76.5 Å². The molecule has 3 aliphatic carbocycles. The summed E-state index contributed by atoms with van der Waals surface area (Å²) >= 11 is 0. The third kappa shape index (κ3) is 9.62. The number of nitrogens with one attached hydrogen (secondary N) is 2. The molecule has 7 nitrogen and oxygen atoms in total. The highest BCUT2D eigenvalue weighted by atomic mass is 16.5. The van der Waals surface area contributed by atoms with Crippen LogP contribution in [-0.2, 0) is 9.53 Å². The van der Waals surface area contributed by atoms with Gasteiger partial charge in [-0.2, -0.15) is 0 Å². The first kappa shape index (κ1) is 30.6. The lowest BCUT2D eigenvalue weighted by Gasteiger charge is -2.47. The van der Waals surface area contributed by atoms with E-state index in [4.69, 9.17) is 4.74 Å². The van der Waals surface area contributed by atoms with Gasteiger partial charge in [-0.15, -0.1) is 0 Å². The monoisotopic (exact) mass is 547 g/mol. The van der Waals surface area contributed by atoms with E-state index in [0.717, 1.165) is 45.1 Å². The van der Waals surface area contributed by atoms with E-state index < -0.39 is 12.2 Å². The summed E-state index contributed by atoms with van der Waals surface area (Å²) in [5.74, 6) is 2.23. The molecular weight excluding hydrogens is 490 g/mol. The van der Waals surface area contributed by atoms with E-state index in [1.165, 1.54) is 64.2 Å². The normalized spacial score (nSPS) is 29.2. The first-order valence-corrected chi connectivity index (χ1v) is 16.4. The molecule has 0 aromatic heterocycles. The fourth-order valence-electron chi connectivity index (χ4n) is 7.83. The zero-order chi connectivity index (χ0) is 27.8. The molecule has 0 aromatic carbocycles. The number of ether oxygens (including phenoxy) is 1. The summed E-state index contributed by atoms with van der Waals surface area (Å²) in [7, 11) is 0. The summed E-state index contributed by atoms with van der Waals surface area (Å²) in [6, 6.07) is -0.589. The SMILES string of the molecule is CC(C)(C)NC(=O)[C@@H]1C[C@@H]2CCCC[C@@H]2CN1C[C@@H](O)[C@H](CC1CCCCC1)NC(=O)OCC1CCCCC1. The lowest BCUT2D eigenvalue weighted by atomic mass is 9.72. The molecule has 4 aliphatic rings. The third-order valence-electron chi connectivity index (χ3n) is 9.98. The van der Waals surface area contributed by atoms with Crippen LogP contribution in [0.5, 0.6) is 0 Å². The van der Waals surface area contributed by atoms with Crippen molar-refractivity contribution in [2.75, 3.05) is 19.7 Å². The summed E-state index contributed by atoms with van der Waals surface area (Å²) in [6.07, 6.45) is 17.5. The van der Waals surface area contributed by atoms with Gasteiger partial charge in [0.25, 0.3) is 0 Å². The Kier molecular flexibility index (Phi) is 11.4. The van der Waals surface area contributed by atoms with Gasteiger partial charge >= 0.3 is 6.09 Å². The van der Waals surface area contributed by atoms with Crippen LogP contribution < -0.4 is 10.6 Å². The number of hydrogen-bond donors (Lipinski definition) is 3. The van der Waals surface area contributed by atoms with Crippen LogP contribution >= 0.6 is 0 Å². The predicted octanol–water partition coefficient (Wildman–Crippen LogP) is 5.79. The third-order valence-corrected chi connectivity index (χ3v) is 9.98. The number of rotatable bonds is 9. The summed E-state index contributed by atoms with van der Waals surface area (Å²) in [6.45, 7) is 7.82. The van der Waals surface area contributed by atoms with E-state index in [-0.39, 0.29) is 23.5 Å². The topological polar surface area (TPSA) is 90.9 Å². The van der Waals surface area contributed by atoms with Gasteiger partial charge in [0, 0.05) is 18.6 Å². The molecule has 4 rings (SSSR count). The number of fused-ring (bicyclic) bond motifs is 1. The molecule has 224 valence electrons. The Morgan fingerprint density at radius 2 is 1.46 bits per heavy atom. The van der Waals surface area contributed by atoms with Gasteiger partial charge in [-0.3, -0.25) is 9.69 Å². The first-order valence-electron chi connectivity index (χ1n) is 16.4. The molecule has 0 aromatic rings. The van der Waals surface area contributed by atoms with E-state index in [1.807, 2.05) is 20.8 Å². The molecule has 2 amide bonds. The molecule has 3 saturated carbocycles. The van der Waals surface area contributed by atoms with Crippen LogP contribution in [0.25, 0.3) is 0 Å². The average molecular weight is 548 g/mol. The Balaban J connectivity index is 1.42. The summed E-state index contributed by atoms with van der Waals surface area (Å²) in [5.41, 5.74) is -0.294. The van der Waals surface area contributed by atoms with Gasteiger partial charge in [0.2, 0.25) is 5.91 Å². The molecular formula is C32H57N3O4. The molecule has 3 N–H and O–H groups in total. The summed E-state index contributed by atoms with van der Waals surface area (Å²) in [4.78, 5) is 28.6. The minimum absolute atomic E-state index is 0.0717. The fourth-order valence-corrected chi connectivity index (χ4v) is 7.83. The summed E-state index contributed by atoms with van der Waals surface area (Å²) < 4.78 is 5.69. The molecule has 0 radical (unpaired) electrons. The van der Waals surface area contributed by atoms with Gasteiger partial charge in [-0.25, -0.2) is 4.79 Å². The molecule has 39 heavy (non-hydrogen) atoms. The van der Waals surface area contributed by atoms with Crippen LogP contribution in [0.3, 0.4) is 0 Å². The molecule has 0 spiro atoms. The second kappa shape index (κ2) is 14.5. The van der Waals surface area contributed by atoms with Crippen LogP contribution in [0.1, 0.15) is 124 Å². The van der Waals surface area contributed by atoms with Gasteiger partial charge in [0.05, 0.1) is 24.8 Å². The minimum Gasteiger partial charge on any atom is -0.449 e. The van der Waals surface area contributed by atoms with Crippen LogP contribution in [0.15, 0.2) is 0 Å². The molecule has 0 bridgehead atoms. The van der Waals surface area contributed by atoms with E-state index in [9.17, 15) is 14.7 Å². The second-order valence-electron chi connectivity index (χ2n) is 14.4. The van der Waals surface area contributed by atoms with Crippen molar-refractivity contribution in [1.82, 2.24) is 15.5 Å². The van der Waals surface area contributed by atoms with E-state index in [0.29, 0.717) is 36.8 Å². The fraction of sp³-hybridized carbons (Fsp3) is 0.938. The van der Waals surface area contributed by atoms with Crippen molar-refractivity contribution in [1.29, 1.82) is 0 Å². The number of likely N-dealkylation sites (tertiary alicyclic amines) is 1. The number of hydrogen-bond acceptors (Lipinski definition) is 5. The van der Waals surface area contributed by atoms with Crippen LogP contribution in [0.2, 0.25) is 0 Å². The lowest BCUT2D eigenvalue weighted by molar-refractivity contribution is -0.132. The highest BCUT2D eigenvalue weighted by molar-refractivity contribution is 5.82. The molecule has 5 atom stereocenters. The zero-order valence-corrected chi connectivity index (χ0v) is 25.1. The largest absolute Gasteiger partial charge is 0.449 e. The van der Waals surface area contributed by atoms with Crippen LogP contribution in [-0.4, -0.2) is 65.4 Å². The number of carbonyl (C=O) groups excluding carboxylic acids is 2. The van der Waals surface area contributed by atoms with Crippen molar-refractivity contribution in [3.63, 3.8) is 0 Å². The Morgan fingerprint density at radius 3 is 2.10 bits per heavy atom. The minimum atomic E-state index is -0.737. The average Bonchev–Trinajstić information content (AvgIpc) is 2.91. The van der Waals surface area contributed by atoms with E-state index in [2.05, 4.69) is 15.5 Å². The zero-order valence-electron chi connectivity index (χ0n) is 25.1. The molecule has 7 heteroatoms. The Labute approximate surface area is 237 Å². The smallest absolute Gasteiger partial charge is 0.407 e. The predicted molar refractivity (Wildman–Crippen MR) is 155 cm³/mol. The van der Waals surface area contributed by atoms with Crippen molar-refractivity contribution in [2.45, 2.75) is 147 Å². The van der Waals surface area contributed by atoms with Crippen molar-refractivity contribution >= 4 is 12.0 Å². The first-order chi connectivity index (χ1) is 18.7. The van der Waals surface area contributed by atoms with E-state index >= 15 is 0 Å². The maximum atomic E-state index is 13.5. The molecule has 0 unspecified atom stereocenters. The van der Waals surface area contributed by atoms with Gasteiger partial charge in [0.15, 0.2) is 0 Å². The number of alkyl carbamates (subject to hydrolysis) is 1. The van der Waals surface area contributed by atoms with Crippen molar-refractivity contribution in [2.24, 2.45) is 23.7 Å². The van der Waals surface area contributed by atoms with Crippen molar-refractivity contribution < 1.29 is 19.4 Å². The highest BCUT2D eigenvalue weighted by Gasteiger charge is 2.42. The number of carbonyl (C=O) groups is 2. The Bertz CT molecular complexity index is 772. The maximum Gasteiger partial charge on any atom is 0.407 e. The number of piperidine rings is 1. The van der Waals surface area contributed by atoms with Gasteiger partial charge < -0.3 is 20.5 Å².